The van der Waals surface area contributed by atoms with E-state index in [0.717, 1.165) is 12.1 Å². The molecular weight excluding hydrogens is 482 g/mol. The number of hydrogen-bond acceptors (Lipinski definition) is 7. The van der Waals surface area contributed by atoms with Crippen LogP contribution in [0.4, 0.5) is 38.0 Å². The molecule has 1 amide bonds. The number of nitrogens with one attached hydrogen (secondary N) is 2. The number of carbonyl (C=O) groups is 1. The maximum Gasteiger partial charge on any atom is 0.472 e. The summed E-state index contributed by atoms with van der Waals surface area (Å²) in [4.78, 5) is 18.0. The number of rotatable bonds is 7. The maximum absolute atomic E-state index is 13.2. The zero-order valence-corrected chi connectivity index (χ0v) is 17.8. The van der Waals surface area contributed by atoms with Crippen LogP contribution >= 0.6 is 0 Å². The summed E-state index contributed by atoms with van der Waals surface area (Å²) in [6.45, 7) is 2.66. The molecule has 8 nitrogen and oxygen atoms in total. The zero-order valence-electron chi connectivity index (χ0n) is 17.0. The highest BCUT2D eigenvalue weighted by atomic mass is 32.2. The summed E-state index contributed by atoms with van der Waals surface area (Å²) in [5.74, 6) is -0.490. The van der Waals surface area contributed by atoms with Gasteiger partial charge in [-0.25, -0.2) is 9.19 Å². The standard InChI is InChI=1S/C18H18F6N4O4S/c1-9(29)10(2)32-14-13(17(19,20)21)8-25-16(27-14)26-11-4-6-12(7-5-11)33(3,31)28-15(30)18(22,23)24/h4-10,29H,3H2,1-2H3,(H,25,26,27)(H,28,30,31)/t9-,10-,33?/m1/s1. The third-order valence-electron chi connectivity index (χ3n) is 4.04. The van der Waals surface area contributed by atoms with E-state index in [1.165, 1.54) is 30.7 Å². The van der Waals surface area contributed by atoms with Crippen LogP contribution in [0.15, 0.2) is 35.4 Å². The zero-order chi connectivity index (χ0) is 25.2. The van der Waals surface area contributed by atoms with Gasteiger partial charge in [0.05, 0.1) is 15.8 Å². The highest BCUT2D eigenvalue weighted by Gasteiger charge is 2.40. The Morgan fingerprint density at radius 2 is 1.73 bits per heavy atom. The van der Waals surface area contributed by atoms with Crippen LogP contribution in [0.25, 0.3) is 0 Å². The fraction of sp³-hybridized carbons (Fsp3) is 0.333. The molecule has 1 heterocycles. The Labute approximate surface area is 184 Å². The number of aliphatic hydroxyl groups excluding tert-OH is 1. The van der Waals surface area contributed by atoms with E-state index in [9.17, 15) is 40.5 Å². The molecule has 33 heavy (non-hydrogen) atoms. The molecular formula is C18H18F6N4O4S. The van der Waals surface area contributed by atoms with Gasteiger partial charge < -0.3 is 15.2 Å². The monoisotopic (exact) mass is 500 g/mol. The van der Waals surface area contributed by atoms with Crippen LogP contribution in [0.3, 0.4) is 0 Å². The van der Waals surface area contributed by atoms with Crippen molar-refractivity contribution in [3.8, 4) is 5.88 Å². The van der Waals surface area contributed by atoms with Gasteiger partial charge in [-0.3, -0.25) is 9.52 Å². The summed E-state index contributed by atoms with van der Waals surface area (Å²) in [6.07, 6.45) is -11.7. The second-order valence-corrected chi connectivity index (χ2v) is 8.75. The molecule has 0 bridgehead atoms. The summed E-state index contributed by atoms with van der Waals surface area (Å²) < 4.78 is 95.5. The average Bonchev–Trinajstić information content (AvgIpc) is 2.66. The average molecular weight is 500 g/mol. The molecule has 3 N–H and O–H groups in total. The van der Waals surface area contributed by atoms with Gasteiger partial charge in [-0.05, 0) is 44.0 Å². The molecule has 0 aliphatic heterocycles. The Hall–Kier alpha value is -3.07. The van der Waals surface area contributed by atoms with Crippen LogP contribution in [0.1, 0.15) is 19.4 Å². The van der Waals surface area contributed by atoms with Crippen molar-refractivity contribution < 1.29 is 45.2 Å². The van der Waals surface area contributed by atoms with E-state index in [-0.39, 0.29) is 16.5 Å². The summed E-state index contributed by atoms with van der Waals surface area (Å²) in [7, 11) is -3.83. The Balaban J connectivity index is 2.26. The molecule has 182 valence electrons. The highest BCUT2D eigenvalue weighted by molar-refractivity contribution is 7.99. The summed E-state index contributed by atoms with van der Waals surface area (Å²) in [6, 6.07) is 4.59. The smallest absolute Gasteiger partial charge is 0.471 e. The molecule has 0 radical (unpaired) electrons. The first-order valence-electron chi connectivity index (χ1n) is 8.93. The Morgan fingerprint density at radius 1 is 1.15 bits per heavy atom. The maximum atomic E-state index is 13.2. The number of nitrogens with zero attached hydrogens (tertiary/aromatic N) is 2. The van der Waals surface area contributed by atoms with Crippen LogP contribution < -0.4 is 14.8 Å². The normalized spacial score (nSPS) is 15.8. The van der Waals surface area contributed by atoms with Gasteiger partial charge in [0.1, 0.15) is 11.7 Å². The molecule has 0 aliphatic carbocycles. The van der Waals surface area contributed by atoms with Crippen molar-refractivity contribution in [2.45, 2.75) is 43.3 Å². The number of halogens is 6. The molecule has 15 heteroatoms. The summed E-state index contributed by atoms with van der Waals surface area (Å²) in [5.41, 5.74) is -1.11. The number of ether oxygens (including phenoxy) is 1. The number of amides is 1. The second kappa shape index (κ2) is 9.43. The van der Waals surface area contributed by atoms with E-state index in [1.54, 1.807) is 0 Å². The quantitative estimate of drug-likeness (QED) is 0.396. The van der Waals surface area contributed by atoms with Crippen molar-refractivity contribution >= 4 is 33.1 Å². The SMILES string of the molecule is C=S(=O)(NC(=O)C(F)(F)F)c1ccc(Nc2ncc(C(F)(F)F)c(O[C@H](C)[C@@H](C)O)n2)cc1. The Bertz CT molecular complexity index is 1100. The fourth-order valence-corrected chi connectivity index (χ4v) is 3.25. The van der Waals surface area contributed by atoms with Crippen LogP contribution in [0.2, 0.25) is 0 Å². The lowest BCUT2D eigenvalue weighted by atomic mass is 10.2. The molecule has 0 fully saturated rings. The molecule has 2 rings (SSSR count). The third-order valence-corrected chi connectivity index (χ3v) is 5.59. The predicted molar refractivity (Wildman–Crippen MR) is 106 cm³/mol. The number of aliphatic hydroxyl groups is 1. The third kappa shape index (κ3) is 6.95. The number of carbonyl (C=O) groups excluding carboxylic acids is 1. The molecule has 0 saturated heterocycles. The summed E-state index contributed by atoms with van der Waals surface area (Å²) >= 11 is 0. The second-order valence-electron chi connectivity index (χ2n) is 6.73. The highest BCUT2D eigenvalue weighted by Crippen LogP contribution is 2.36. The van der Waals surface area contributed by atoms with E-state index < -0.39 is 51.6 Å². The molecule has 1 unspecified atom stereocenters. The largest absolute Gasteiger partial charge is 0.472 e. The van der Waals surface area contributed by atoms with Crippen molar-refractivity contribution in [2.24, 2.45) is 0 Å². The minimum Gasteiger partial charge on any atom is -0.471 e. The molecule has 1 aromatic carbocycles. The first-order valence-corrected chi connectivity index (χ1v) is 10.7. The molecule has 0 aliphatic rings. The van der Waals surface area contributed by atoms with Crippen molar-refractivity contribution in [3.63, 3.8) is 0 Å². The van der Waals surface area contributed by atoms with Gasteiger partial charge in [0, 0.05) is 16.8 Å². The van der Waals surface area contributed by atoms with Gasteiger partial charge in [0.2, 0.25) is 11.8 Å². The van der Waals surface area contributed by atoms with Crippen molar-refractivity contribution in [3.05, 3.63) is 36.0 Å². The van der Waals surface area contributed by atoms with Crippen molar-refractivity contribution in [2.75, 3.05) is 5.32 Å². The topological polar surface area (TPSA) is 113 Å². The van der Waals surface area contributed by atoms with Gasteiger partial charge >= 0.3 is 18.3 Å². The Morgan fingerprint density at radius 3 is 2.21 bits per heavy atom. The molecule has 1 aromatic heterocycles. The molecule has 3 atom stereocenters. The van der Waals surface area contributed by atoms with Crippen LogP contribution in [-0.2, 0) is 20.7 Å². The van der Waals surface area contributed by atoms with E-state index in [2.05, 4.69) is 21.2 Å². The number of benzene rings is 1. The lowest BCUT2D eigenvalue weighted by Crippen LogP contribution is -2.40. The molecule has 2 aromatic rings. The van der Waals surface area contributed by atoms with Gasteiger partial charge in [-0.1, -0.05) is 0 Å². The van der Waals surface area contributed by atoms with Gasteiger partial charge in [0.25, 0.3) is 0 Å². The van der Waals surface area contributed by atoms with Gasteiger partial charge in [-0.15, -0.1) is 0 Å². The van der Waals surface area contributed by atoms with Gasteiger partial charge in [-0.2, -0.15) is 31.3 Å². The predicted octanol–water partition coefficient (Wildman–Crippen LogP) is 3.06. The first-order chi connectivity index (χ1) is 15.0. The minimum absolute atomic E-state index is 0.158. The van der Waals surface area contributed by atoms with Crippen LogP contribution in [-0.4, -0.2) is 49.4 Å². The van der Waals surface area contributed by atoms with E-state index in [1.807, 2.05) is 0 Å². The number of aromatic nitrogens is 2. The fourth-order valence-electron chi connectivity index (χ4n) is 2.14. The van der Waals surface area contributed by atoms with E-state index >= 15 is 0 Å². The van der Waals surface area contributed by atoms with E-state index in [4.69, 9.17) is 4.74 Å². The van der Waals surface area contributed by atoms with E-state index in [0.29, 0.717) is 6.20 Å². The van der Waals surface area contributed by atoms with Crippen LogP contribution in [0.5, 0.6) is 5.88 Å². The Kier molecular flexibility index (Phi) is 7.48. The lowest BCUT2D eigenvalue weighted by Gasteiger charge is -2.20. The van der Waals surface area contributed by atoms with Crippen LogP contribution in [0, 0.1) is 0 Å². The minimum atomic E-state index is -5.26. The van der Waals surface area contributed by atoms with Gasteiger partial charge in [0.15, 0.2) is 0 Å². The first kappa shape index (κ1) is 26.2. The van der Waals surface area contributed by atoms with Crippen molar-refractivity contribution in [1.29, 1.82) is 0 Å². The number of anilines is 2. The lowest BCUT2D eigenvalue weighted by molar-refractivity contribution is -0.171. The number of hydrogen-bond donors (Lipinski definition) is 3. The molecule has 0 spiro atoms. The molecule has 0 saturated carbocycles. The van der Waals surface area contributed by atoms with Crippen molar-refractivity contribution in [1.82, 2.24) is 14.7 Å². The summed E-state index contributed by atoms with van der Waals surface area (Å²) in [5, 5.41) is 12.0. The number of alkyl halides is 6.